The number of benzene rings is 2. The SMILES string of the molecule is CC(=O)C(=O)[O-].CC(=O)C(C)(O)COc1ccccc1.CC(=O)COc1ccccc1. The molecule has 1 atom stereocenters. The highest BCUT2D eigenvalue weighted by atomic mass is 16.5. The molecule has 0 radical (unpaired) electrons. The van der Waals surface area contributed by atoms with Gasteiger partial charge in [0.25, 0.3) is 0 Å². The highest BCUT2D eigenvalue weighted by Crippen LogP contribution is 2.12. The molecular formula is C23H27O8-. The van der Waals surface area contributed by atoms with Crippen molar-refractivity contribution in [3.05, 3.63) is 60.7 Å². The number of carbonyl (C=O) groups excluding carboxylic acids is 4. The lowest BCUT2D eigenvalue weighted by Crippen LogP contribution is -2.39. The lowest BCUT2D eigenvalue weighted by Gasteiger charge is -2.19. The van der Waals surface area contributed by atoms with Crippen molar-refractivity contribution in [2.75, 3.05) is 13.2 Å². The van der Waals surface area contributed by atoms with E-state index in [0.717, 1.165) is 12.7 Å². The van der Waals surface area contributed by atoms with Crippen LogP contribution >= 0.6 is 0 Å². The van der Waals surface area contributed by atoms with Gasteiger partial charge in [0.05, 0.1) is 0 Å². The lowest BCUT2D eigenvalue weighted by atomic mass is 10.0. The van der Waals surface area contributed by atoms with E-state index in [9.17, 15) is 29.4 Å². The van der Waals surface area contributed by atoms with E-state index in [1.165, 1.54) is 20.8 Å². The van der Waals surface area contributed by atoms with Crippen molar-refractivity contribution < 1.29 is 38.9 Å². The van der Waals surface area contributed by atoms with Gasteiger partial charge < -0.3 is 24.5 Å². The number of aliphatic hydroxyl groups is 1. The molecule has 31 heavy (non-hydrogen) atoms. The molecule has 0 saturated carbocycles. The summed E-state index contributed by atoms with van der Waals surface area (Å²) in [6, 6.07) is 18.4. The van der Waals surface area contributed by atoms with E-state index >= 15 is 0 Å². The Labute approximate surface area is 181 Å². The minimum absolute atomic E-state index is 0.0215. The van der Waals surface area contributed by atoms with Gasteiger partial charge in [0.2, 0.25) is 0 Å². The molecule has 0 bridgehead atoms. The number of para-hydroxylation sites is 2. The smallest absolute Gasteiger partial charge is 0.175 e. The standard InChI is InChI=1S/C11H14O3.C9H10O2.C3H4O3/c1-9(12)11(2,13)8-14-10-6-4-3-5-7-10;1-8(10)7-11-9-5-3-2-4-6-9;1-2(4)3(5)6/h3-7,13H,8H2,1-2H3;2-6H,7H2,1H3;1H3,(H,5,6)/p-1. The van der Waals surface area contributed by atoms with E-state index < -0.39 is 17.4 Å². The van der Waals surface area contributed by atoms with Gasteiger partial charge in [-0.05, 0) is 45.0 Å². The van der Waals surface area contributed by atoms with Crippen LogP contribution in [0.5, 0.6) is 11.5 Å². The molecule has 0 aromatic heterocycles. The van der Waals surface area contributed by atoms with Gasteiger partial charge in [-0.3, -0.25) is 14.4 Å². The van der Waals surface area contributed by atoms with Gasteiger partial charge in [-0.2, -0.15) is 0 Å². The minimum Gasteiger partial charge on any atom is -0.542 e. The third-order valence-corrected chi connectivity index (χ3v) is 3.49. The first-order valence-corrected chi connectivity index (χ1v) is 9.26. The largest absolute Gasteiger partial charge is 0.542 e. The van der Waals surface area contributed by atoms with Crippen LogP contribution in [0.4, 0.5) is 0 Å². The Morgan fingerprint density at radius 3 is 1.55 bits per heavy atom. The molecule has 1 unspecified atom stereocenters. The zero-order valence-electron chi connectivity index (χ0n) is 18.0. The summed E-state index contributed by atoms with van der Waals surface area (Å²) in [5.74, 6) is -1.44. The molecular weight excluding hydrogens is 404 g/mol. The van der Waals surface area contributed by atoms with Crippen LogP contribution in [0.1, 0.15) is 27.7 Å². The second-order valence-corrected chi connectivity index (χ2v) is 6.58. The van der Waals surface area contributed by atoms with Crippen LogP contribution in [0, 0.1) is 0 Å². The Morgan fingerprint density at radius 2 is 1.23 bits per heavy atom. The Bertz CT molecular complexity index is 817. The number of carboxylic acid groups (broad SMARTS) is 1. The number of hydrogen-bond acceptors (Lipinski definition) is 8. The monoisotopic (exact) mass is 431 g/mol. The third kappa shape index (κ3) is 14.2. The number of aliphatic carboxylic acids is 1. The number of hydrogen-bond donors (Lipinski definition) is 1. The summed E-state index contributed by atoms with van der Waals surface area (Å²) in [7, 11) is 0. The Kier molecular flexibility index (Phi) is 12.8. The molecule has 0 amide bonds. The van der Waals surface area contributed by atoms with Crippen LogP contribution in [-0.4, -0.2) is 47.2 Å². The van der Waals surface area contributed by atoms with Crippen molar-refractivity contribution >= 4 is 23.3 Å². The van der Waals surface area contributed by atoms with Crippen LogP contribution in [0.3, 0.4) is 0 Å². The van der Waals surface area contributed by atoms with Crippen molar-refractivity contribution in [3.8, 4) is 11.5 Å². The van der Waals surface area contributed by atoms with E-state index in [2.05, 4.69) is 0 Å². The van der Waals surface area contributed by atoms with Gasteiger partial charge in [-0.25, -0.2) is 0 Å². The summed E-state index contributed by atoms with van der Waals surface area (Å²) in [4.78, 5) is 40.2. The number of carboxylic acids is 1. The summed E-state index contributed by atoms with van der Waals surface area (Å²) < 4.78 is 10.4. The van der Waals surface area contributed by atoms with E-state index in [0.29, 0.717) is 5.75 Å². The Balaban J connectivity index is 0.000000472. The van der Waals surface area contributed by atoms with Gasteiger partial charge in [0.1, 0.15) is 30.7 Å². The molecule has 0 aliphatic rings. The van der Waals surface area contributed by atoms with E-state index in [-0.39, 0.29) is 24.8 Å². The van der Waals surface area contributed by atoms with Crippen LogP contribution in [0.15, 0.2) is 60.7 Å². The summed E-state index contributed by atoms with van der Waals surface area (Å²) in [5, 5.41) is 18.8. The second-order valence-electron chi connectivity index (χ2n) is 6.58. The summed E-state index contributed by atoms with van der Waals surface area (Å²) in [6.07, 6.45) is 0. The molecule has 0 spiro atoms. The molecule has 2 aromatic carbocycles. The van der Waals surface area contributed by atoms with Crippen molar-refractivity contribution in [3.63, 3.8) is 0 Å². The molecule has 0 heterocycles. The summed E-state index contributed by atoms with van der Waals surface area (Å²) in [5.41, 5.74) is -1.41. The van der Waals surface area contributed by atoms with Crippen LogP contribution < -0.4 is 14.6 Å². The zero-order chi connectivity index (χ0) is 23.9. The molecule has 8 nitrogen and oxygen atoms in total. The van der Waals surface area contributed by atoms with E-state index in [1.54, 1.807) is 12.1 Å². The van der Waals surface area contributed by atoms with E-state index in [4.69, 9.17) is 9.47 Å². The van der Waals surface area contributed by atoms with Gasteiger partial charge in [0.15, 0.2) is 23.0 Å². The normalized spacial score (nSPS) is 11.3. The van der Waals surface area contributed by atoms with Gasteiger partial charge >= 0.3 is 0 Å². The van der Waals surface area contributed by atoms with Crippen molar-refractivity contribution in [1.29, 1.82) is 0 Å². The Hall–Kier alpha value is -3.52. The molecule has 0 aliphatic carbocycles. The maximum atomic E-state index is 11.0. The van der Waals surface area contributed by atoms with Crippen LogP contribution in [-0.2, 0) is 19.2 Å². The summed E-state index contributed by atoms with van der Waals surface area (Å²) >= 11 is 0. The number of rotatable bonds is 8. The maximum absolute atomic E-state index is 11.0. The molecule has 1 N–H and O–H groups in total. The quantitative estimate of drug-likeness (QED) is 0.621. The third-order valence-electron chi connectivity index (χ3n) is 3.49. The molecule has 2 aromatic rings. The average Bonchev–Trinajstić information content (AvgIpc) is 2.73. The Morgan fingerprint density at radius 1 is 0.839 bits per heavy atom. The molecule has 168 valence electrons. The fourth-order valence-electron chi connectivity index (χ4n) is 1.54. The molecule has 2 rings (SSSR count). The van der Waals surface area contributed by atoms with Crippen molar-refractivity contribution in [2.24, 2.45) is 0 Å². The lowest BCUT2D eigenvalue weighted by molar-refractivity contribution is -0.299. The summed E-state index contributed by atoms with van der Waals surface area (Å²) in [6.45, 7) is 5.36. The first kappa shape index (κ1) is 27.5. The zero-order valence-corrected chi connectivity index (χ0v) is 18.0. The number of Topliss-reactive ketones (excluding diaryl/α,β-unsaturated/α-hetero) is 3. The number of ether oxygens (including phenoxy) is 2. The first-order chi connectivity index (χ1) is 14.5. The van der Waals surface area contributed by atoms with Gasteiger partial charge in [0, 0.05) is 6.92 Å². The van der Waals surface area contributed by atoms with Gasteiger partial charge in [-0.1, -0.05) is 36.4 Å². The molecule has 0 fully saturated rings. The predicted octanol–water partition coefficient (Wildman–Crippen LogP) is 1.39. The number of carbonyl (C=O) groups is 4. The predicted molar refractivity (Wildman–Crippen MR) is 112 cm³/mol. The second kappa shape index (κ2) is 14.5. The maximum Gasteiger partial charge on any atom is 0.175 e. The topological polar surface area (TPSA) is 130 Å². The molecule has 8 heteroatoms. The first-order valence-electron chi connectivity index (χ1n) is 9.26. The average molecular weight is 431 g/mol. The van der Waals surface area contributed by atoms with Crippen LogP contribution in [0.25, 0.3) is 0 Å². The molecule has 0 saturated heterocycles. The fraction of sp³-hybridized carbons (Fsp3) is 0.304. The highest BCUT2D eigenvalue weighted by molar-refractivity contribution is 6.30. The number of ketones is 3. The van der Waals surface area contributed by atoms with Gasteiger partial charge in [-0.15, -0.1) is 0 Å². The van der Waals surface area contributed by atoms with Crippen LogP contribution in [0.2, 0.25) is 0 Å². The van der Waals surface area contributed by atoms with E-state index in [1.807, 2.05) is 48.5 Å². The minimum atomic E-state index is -1.63. The highest BCUT2D eigenvalue weighted by Gasteiger charge is 2.27. The fourth-order valence-corrected chi connectivity index (χ4v) is 1.54. The molecule has 0 aliphatic heterocycles. The van der Waals surface area contributed by atoms with Crippen molar-refractivity contribution in [1.82, 2.24) is 0 Å². The van der Waals surface area contributed by atoms with Crippen molar-refractivity contribution in [2.45, 2.75) is 33.3 Å².